The van der Waals surface area contributed by atoms with Crippen LogP contribution in [0.3, 0.4) is 0 Å². The van der Waals surface area contributed by atoms with Gasteiger partial charge in [0.25, 0.3) is 0 Å². The van der Waals surface area contributed by atoms with Crippen LogP contribution < -0.4 is 16.6 Å². The molecule has 1 unspecified atom stereocenters. The van der Waals surface area contributed by atoms with Crippen LogP contribution in [-0.2, 0) is 4.74 Å². The van der Waals surface area contributed by atoms with Gasteiger partial charge in [-0.2, -0.15) is 0 Å². The van der Waals surface area contributed by atoms with Crippen molar-refractivity contribution in [3.05, 3.63) is 0 Å². The Morgan fingerprint density at radius 3 is 3.08 bits per heavy atom. The summed E-state index contributed by atoms with van der Waals surface area (Å²) in [6.45, 7) is 3.77. The van der Waals surface area contributed by atoms with Crippen LogP contribution in [0.2, 0.25) is 0 Å². The highest BCUT2D eigenvalue weighted by molar-refractivity contribution is 4.66. The summed E-state index contributed by atoms with van der Waals surface area (Å²) >= 11 is 0. The van der Waals surface area contributed by atoms with E-state index in [9.17, 15) is 0 Å². The third-order valence-electron chi connectivity index (χ3n) is 2.10. The Morgan fingerprint density at radius 1 is 1.50 bits per heavy atom. The first-order valence-electron chi connectivity index (χ1n) is 4.69. The highest BCUT2D eigenvalue weighted by atomic mass is 16.5. The van der Waals surface area contributed by atoms with Gasteiger partial charge in [0, 0.05) is 19.6 Å². The monoisotopic (exact) mass is 173 g/mol. The summed E-state index contributed by atoms with van der Waals surface area (Å²) in [7, 11) is 0. The zero-order valence-electron chi connectivity index (χ0n) is 7.51. The number of nitrogens with two attached hydrogens (primary N) is 1. The number of rotatable bonds is 5. The number of hydrogen-bond donors (Lipinski definition) is 3. The van der Waals surface area contributed by atoms with E-state index in [0.29, 0.717) is 6.10 Å². The fourth-order valence-corrected chi connectivity index (χ4v) is 1.40. The smallest absolute Gasteiger partial charge is 0.0700 e. The van der Waals surface area contributed by atoms with Gasteiger partial charge in [-0.15, -0.1) is 0 Å². The lowest BCUT2D eigenvalue weighted by molar-refractivity contribution is 0.0222. The topological polar surface area (TPSA) is 59.3 Å². The van der Waals surface area contributed by atoms with Gasteiger partial charge < -0.3 is 10.1 Å². The molecule has 0 spiro atoms. The molecule has 0 aromatic rings. The largest absolute Gasteiger partial charge is 0.376 e. The predicted molar refractivity (Wildman–Crippen MR) is 48.7 cm³/mol. The van der Waals surface area contributed by atoms with Crippen molar-refractivity contribution in [2.45, 2.75) is 25.4 Å². The molecule has 0 saturated carbocycles. The van der Waals surface area contributed by atoms with E-state index in [-0.39, 0.29) is 0 Å². The molecule has 1 fully saturated rings. The molecule has 0 bridgehead atoms. The summed E-state index contributed by atoms with van der Waals surface area (Å²) in [4.78, 5) is 0. The summed E-state index contributed by atoms with van der Waals surface area (Å²) in [6.07, 6.45) is 3.90. The van der Waals surface area contributed by atoms with Gasteiger partial charge in [0.2, 0.25) is 0 Å². The summed E-state index contributed by atoms with van der Waals surface area (Å²) in [6, 6.07) is 0. The Bertz CT molecular complexity index is 104. The second-order valence-corrected chi connectivity index (χ2v) is 3.15. The highest BCUT2D eigenvalue weighted by Gasteiger charge is 2.11. The maximum atomic E-state index is 5.54. The first kappa shape index (κ1) is 9.92. The predicted octanol–water partition coefficient (Wildman–Crippen LogP) is -0.392. The molecule has 1 heterocycles. The summed E-state index contributed by atoms with van der Waals surface area (Å²) in [5, 5.41) is 3.31. The Balaban J connectivity index is 1.91. The number of nitrogens with one attached hydrogen (secondary N) is 2. The van der Waals surface area contributed by atoms with Crippen molar-refractivity contribution in [2.75, 3.05) is 26.2 Å². The molecule has 0 aromatic heterocycles. The normalized spacial score (nSPS) is 24.2. The van der Waals surface area contributed by atoms with Crippen molar-refractivity contribution < 1.29 is 4.74 Å². The van der Waals surface area contributed by atoms with Crippen LogP contribution in [0.25, 0.3) is 0 Å². The van der Waals surface area contributed by atoms with Crippen LogP contribution in [0.5, 0.6) is 0 Å². The van der Waals surface area contributed by atoms with Gasteiger partial charge >= 0.3 is 0 Å². The molecule has 0 radical (unpaired) electrons. The zero-order chi connectivity index (χ0) is 8.65. The minimum absolute atomic E-state index is 0.427. The molecular formula is C8H19N3O. The first-order valence-corrected chi connectivity index (χ1v) is 4.69. The van der Waals surface area contributed by atoms with Crippen LogP contribution in [0.15, 0.2) is 0 Å². The molecule has 1 saturated heterocycles. The average Bonchev–Trinajstić information content (AvgIpc) is 2.14. The quantitative estimate of drug-likeness (QED) is 0.301. The van der Waals surface area contributed by atoms with Crippen LogP contribution in [0.1, 0.15) is 19.3 Å². The van der Waals surface area contributed by atoms with Crippen LogP contribution in [0, 0.1) is 0 Å². The van der Waals surface area contributed by atoms with Crippen molar-refractivity contribution in [3.8, 4) is 0 Å². The lowest BCUT2D eigenvalue weighted by Gasteiger charge is -2.23. The lowest BCUT2D eigenvalue weighted by atomic mass is 10.1. The molecule has 72 valence electrons. The SMILES string of the molecule is NNCCCCC1CNCCO1. The van der Waals surface area contributed by atoms with Crippen molar-refractivity contribution in [3.63, 3.8) is 0 Å². The second-order valence-electron chi connectivity index (χ2n) is 3.15. The molecule has 0 aliphatic carbocycles. The molecule has 4 nitrogen and oxygen atoms in total. The van der Waals surface area contributed by atoms with E-state index in [1.54, 1.807) is 0 Å². The first-order chi connectivity index (χ1) is 5.93. The summed E-state index contributed by atoms with van der Waals surface area (Å²) < 4.78 is 5.54. The van der Waals surface area contributed by atoms with Crippen molar-refractivity contribution in [2.24, 2.45) is 5.84 Å². The Kier molecular flexibility index (Phi) is 5.27. The molecule has 0 amide bonds. The number of hydrogen-bond acceptors (Lipinski definition) is 4. The third kappa shape index (κ3) is 4.01. The molecule has 1 atom stereocenters. The van der Waals surface area contributed by atoms with E-state index in [2.05, 4.69) is 10.7 Å². The van der Waals surface area contributed by atoms with E-state index in [1.165, 1.54) is 6.42 Å². The number of unbranched alkanes of at least 4 members (excludes halogenated alkanes) is 1. The number of ether oxygens (including phenoxy) is 1. The zero-order valence-corrected chi connectivity index (χ0v) is 7.51. The molecular weight excluding hydrogens is 154 g/mol. The summed E-state index contributed by atoms with van der Waals surface area (Å²) in [5.41, 5.74) is 2.65. The lowest BCUT2D eigenvalue weighted by Crippen LogP contribution is -2.38. The van der Waals surface area contributed by atoms with Crippen LogP contribution >= 0.6 is 0 Å². The molecule has 0 aromatic carbocycles. The van der Waals surface area contributed by atoms with E-state index in [1.807, 2.05) is 0 Å². The number of morpholine rings is 1. The van der Waals surface area contributed by atoms with Crippen LogP contribution in [-0.4, -0.2) is 32.3 Å². The van der Waals surface area contributed by atoms with Gasteiger partial charge in [-0.05, 0) is 19.3 Å². The maximum absolute atomic E-state index is 5.54. The van der Waals surface area contributed by atoms with Gasteiger partial charge in [0.15, 0.2) is 0 Å². The van der Waals surface area contributed by atoms with Gasteiger partial charge in [-0.3, -0.25) is 11.3 Å². The Labute approximate surface area is 73.8 Å². The van der Waals surface area contributed by atoms with Gasteiger partial charge in [0.1, 0.15) is 0 Å². The fraction of sp³-hybridized carbons (Fsp3) is 1.00. The summed E-state index contributed by atoms with van der Waals surface area (Å²) in [5.74, 6) is 5.15. The molecule has 4 N–H and O–H groups in total. The number of hydrazine groups is 1. The second kappa shape index (κ2) is 6.37. The fourth-order valence-electron chi connectivity index (χ4n) is 1.40. The minimum atomic E-state index is 0.427. The molecule has 12 heavy (non-hydrogen) atoms. The third-order valence-corrected chi connectivity index (χ3v) is 2.10. The van der Waals surface area contributed by atoms with Gasteiger partial charge in [-0.1, -0.05) is 0 Å². The highest BCUT2D eigenvalue weighted by Crippen LogP contribution is 2.05. The van der Waals surface area contributed by atoms with E-state index < -0.39 is 0 Å². The van der Waals surface area contributed by atoms with Gasteiger partial charge in [-0.25, -0.2) is 0 Å². The molecule has 1 aliphatic heterocycles. The average molecular weight is 173 g/mol. The van der Waals surface area contributed by atoms with E-state index in [0.717, 1.165) is 39.1 Å². The van der Waals surface area contributed by atoms with E-state index in [4.69, 9.17) is 10.6 Å². The minimum Gasteiger partial charge on any atom is -0.376 e. The standard InChI is InChI=1S/C8H19N3O/c9-11-4-2-1-3-8-7-10-5-6-12-8/h8,10-11H,1-7,9H2. The molecule has 4 heteroatoms. The molecule has 1 aliphatic rings. The van der Waals surface area contributed by atoms with Crippen molar-refractivity contribution in [1.82, 2.24) is 10.7 Å². The van der Waals surface area contributed by atoms with Crippen LogP contribution in [0.4, 0.5) is 0 Å². The maximum Gasteiger partial charge on any atom is 0.0700 e. The van der Waals surface area contributed by atoms with Crippen molar-refractivity contribution in [1.29, 1.82) is 0 Å². The molecule has 1 rings (SSSR count). The Hall–Kier alpha value is -0.160. The van der Waals surface area contributed by atoms with E-state index >= 15 is 0 Å². The van der Waals surface area contributed by atoms with Gasteiger partial charge in [0.05, 0.1) is 12.7 Å². The van der Waals surface area contributed by atoms with Crippen molar-refractivity contribution >= 4 is 0 Å². The Morgan fingerprint density at radius 2 is 2.42 bits per heavy atom.